The van der Waals surface area contributed by atoms with Crippen LogP contribution in [0, 0.1) is 40.9 Å². The van der Waals surface area contributed by atoms with Gasteiger partial charge in [-0.25, -0.2) is 0 Å². The Balaban J connectivity index is 1.54. The molecule has 4 saturated carbocycles. The maximum Gasteiger partial charge on any atom is 0.0622 e. The average molecular weight is 321 g/mol. The Morgan fingerprint density at radius 2 is 1.61 bits per heavy atom. The molecule has 2 heteroatoms. The highest BCUT2D eigenvalue weighted by atomic mass is 16.3. The number of aliphatic hydroxyl groups excluding tert-OH is 1. The second kappa shape index (κ2) is 5.46. The topological polar surface area (TPSA) is 40.5 Å². The second-order valence-corrected chi connectivity index (χ2v) is 10.1. The predicted molar refractivity (Wildman–Crippen MR) is 92.9 cm³/mol. The number of hydrogen-bond acceptors (Lipinski definition) is 2. The van der Waals surface area contributed by atoms with E-state index < -0.39 is 5.60 Å². The molecule has 4 fully saturated rings. The van der Waals surface area contributed by atoms with Crippen LogP contribution in [0.4, 0.5) is 0 Å². The molecule has 132 valence electrons. The molecule has 0 aliphatic heterocycles. The van der Waals surface area contributed by atoms with Gasteiger partial charge in [0.25, 0.3) is 0 Å². The summed E-state index contributed by atoms with van der Waals surface area (Å²) in [4.78, 5) is 0. The van der Waals surface area contributed by atoms with Crippen LogP contribution in [0.3, 0.4) is 0 Å². The van der Waals surface area contributed by atoms with Crippen molar-refractivity contribution in [2.24, 2.45) is 40.9 Å². The summed E-state index contributed by atoms with van der Waals surface area (Å²) < 4.78 is 0. The number of aliphatic hydroxyl groups is 2. The molecular formula is C21H36O2. The van der Waals surface area contributed by atoms with E-state index in [2.05, 4.69) is 13.8 Å². The first-order valence-corrected chi connectivity index (χ1v) is 10.2. The summed E-state index contributed by atoms with van der Waals surface area (Å²) >= 11 is 0. The van der Waals surface area contributed by atoms with Gasteiger partial charge in [0.2, 0.25) is 0 Å². The average Bonchev–Trinajstić information content (AvgIpc) is 2.83. The third-order valence-corrected chi connectivity index (χ3v) is 8.89. The highest BCUT2D eigenvalue weighted by Crippen LogP contribution is 2.65. The molecule has 0 saturated heterocycles. The summed E-state index contributed by atoms with van der Waals surface area (Å²) in [5.74, 6) is 4.85. The van der Waals surface area contributed by atoms with Crippen molar-refractivity contribution in [2.75, 3.05) is 0 Å². The van der Waals surface area contributed by atoms with E-state index in [0.29, 0.717) is 11.3 Å². The van der Waals surface area contributed by atoms with Gasteiger partial charge in [-0.15, -0.1) is 0 Å². The zero-order valence-corrected chi connectivity index (χ0v) is 15.3. The monoisotopic (exact) mass is 320 g/mol. The lowest BCUT2D eigenvalue weighted by atomic mass is 9.49. The first-order valence-electron chi connectivity index (χ1n) is 10.2. The van der Waals surface area contributed by atoms with Crippen LogP contribution in [0.5, 0.6) is 0 Å². The molecule has 23 heavy (non-hydrogen) atoms. The van der Waals surface area contributed by atoms with Gasteiger partial charge in [0, 0.05) is 0 Å². The van der Waals surface area contributed by atoms with Gasteiger partial charge < -0.3 is 10.2 Å². The smallest absolute Gasteiger partial charge is 0.0622 e. The lowest BCUT2D eigenvalue weighted by Gasteiger charge is -2.57. The van der Waals surface area contributed by atoms with E-state index in [1.54, 1.807) is 0 Å². The van der Waals surface area contributed by atoms with Crippen molar-refractivity contribution < 1.29 is 10.2 Å². The summed E-state index contributed by atoms with van der Waals surface area (Å²) in [6.45, 7) is 6.57. The van der Waals surface area contributed by atoms with Gasteiger partial charge in [-0.3, -0.25) is 0 Å². The van der Waals surface area contributed by atoms with Crippen molar-refractivity contribution in [2.45, 2.75) is 90.3 Å². The van der Waals surface area contributed by atoms with Crippen molar-refractivity contribution >= 4 is 0 Å². The highest BCUT2D eigenvalue weighted by Gasteiger charge is 2.58. The zero-order valence-electron chi connectivity index (χ0n) is 15.3. The van der Waals surface area contributed by atoms with E-state index in [-0.39, 0.29) is 6.10 Å². The van der Waals surface area contributed by atoms with Gasteiger partial charge in [0.15, 0.2) is 0 Å². The SMILES string of the molecule is C[C@H](O)[C@H]1CC[C@H]2[C@@H]3CC[C@@H]4C[C@](C)(O)CC[C@@H]4[C@H]3CC[C@]12C. The molecule has 0 bridgehead atoms. The fraction of sp³-hybridized carbons (Fsp3) is 1.00. The molecule has 0 radical (unpaired) electrons. The molecule has 0 unspecified atom stereocenters. The Labute approximate surface area is 142 Å². The van der Waals surface area contributed by atoms with Gasteiger partial charge in [0.05, 0.1) is 11.7 Å². The van der Waals surface area contributed by atoms with Gasteiger partial charge in [0.1, 0.15) is 0 Å². The maximum atomic E-state index is 10.5. The van der Waals surface area contributed by atoms with Crippen LogP contribution in [0.15, 0.2) is 0 Å². The summed E-state index contributed by atoms with van der Waals surface area (Å²) in [6.07, 6.45) is 11.2. The zero-order chi connectivity index (χ0) is 16.4. The van der Waals surface area contributed by atoms with E-state index in [9.17, 15) is 10.2 Å². The number of rotatable bonds is 1. The Morgan fingerprint density at radius 3 is 2.35 bits per heavy atom. The molecule has 4 aliphatic carbocycles. The minimum atomic E-state index is -0.401. The molecule has 9 atom stereocenters. The van der Waals surface area contributed by atoms with Crippen LogP contribution in [-0.4, -0.2) is 21.9 Å². The molecule has 0 aromatic rings. The van der Waals surface area contributed by atoms with Crippen molar-refractivity contribution in [3.63, 3.8) is 0 Å². The minimum absolute atomic E-state index is 0.136. The molecule has 0 aromatic carbocycles. The van der Waals surface area contributed by atoms with Crippen molar-refractivity contribution in [3.8, 4) is 0 Å². The Hall–Kier alpha value is -0.0800. The Morgan fingerprint density at radius 1 is 0.870 bits per heavy atom. The molecule has 0 spiro atoms. The lowest BCUT2D eigenvalue weighted by molar-refractivity contribution is -0.106. The summed E-state index contributed by atoms with van der Waals surface area (Å²) in [5, 5.41) is 20.7. The minimum Gasteiger partial charge on any atom is -0.393 e. The molecule has 4 rings (SSSR count). The Bertz CT molecular complexity index is 457. The first-order chi connectivity index (χ1) is 10.8. The number of fused-ring (bicyclic) bond motifs is 5. The lowest BCUT2D eigenvalue weighted by Crippen LogP contribution is -2.51. The molecule has 2 nitrogen and oxygen atoms in total. The molecule has 0 amide bonds. The quantitative estimate of drug-likeness (QED) is 0.752. The largest absolute Gasteiger partial charge is 0.393 e. The van der Waals surface area contributed by atoms with E-state index >= 15 is 0 Å². The fourth-order valence-electron chi connectivity index (χ4n) is 7.91. The predicted octanol–water partition coefficient (Wildman–Crippen LogP) is 4.39. The van der Waals surface area contributed by atoms with Crippen LogP contribution >= 0.6 is 0 Å². The third-order valence-electron chi connectivity index (χ3n) is 8.89. The molecular weight excluding hydrogens is 284 g/mol. The van der Waals surface area contributed by atoms with Crippen LogP contribution in [-0.2, 0) is 0 Å². The standard InChI is InChI=1S/C21H36O2/c1-13(22)18-6-7-19-17-5-4-14-12-20(2,23)10-8-15(14)16(17)9-11-21(18,19)3/h13-19,22-23H,4-12H2,1-3H3/t13-,14+,15-,16+,17+,18+,19-,20+,21+/m0/s1. The van der Waals surface area contributed by atoms with Crippen LogP contribution in [0.1, 0.15) is 78.6 Å². The highest BCUT2D eigenvalue weighted by molar-refractivity contribution is 5.07. The third kappa shape index (κ3) is 2.51. The van der Waals surface area contributed by atoms with Gasteiger partial charge in [-0.05, 0) is 113 Å². The summed E-state index contributed by atoms with van der Waals surface area (Å²) in [7, 11) is 0. The van der Waals surface area contributed by atoms with Crippen LogP contribution < -0.4 is 0 Å². The van der Waals surface area contributed by atoms with Gasteiger partial charge >= 0.3 is 0 Å². The Kier molecular flexibility index (Phi) is 3.89. The van der Waals surface area contributed by atoms with Crippen LogP contribution in [0.25, 0.3) is 0 Å². The molecule has 4 aliphatic rings. The number of hydrogen-bond donors (Lipinski definition) is 2. The van der Waals surface area contributed by atoms with E-state index in [1.165, 1.54) is 44.9 Å². The van der Waals surface area contributed by atoms with Gasteiger partial charge in [-0.1, -0.05) is 6.92 Å². The molecule has 2 N–H and O–H groups in total. The first kappa shape index (κ1) is 16.4. The maximum absolute atomic E-state index is 10.5. The van der Waals surface area contributed by atoms with Crippen LogP contribution in [0.2, 0.25) is 0 Å². The fourth-order valence-corrected chi connectivity index (χ4v) is 7.91. The van der Waals surface area contributed by atoms with E-state index in [4.69, 9.17) is 0 Å². The molecule has 0 aromatic heterocycles. The van der Waals surface area contributed by atoms with Crippen molar-refractivity contribution in [1.29, 1.82) is 0 Å². The van der Waals surface area contributed by atoms with E-state index in [1.807, 2.05) is 6.92 Å². The summed E-state index contributed by atoms with van der Waals surface area (Å²) in [6, 6.07) is 0. The normalized spacial score (nSPS) is 57.3. The van der Waals surface area contributed by atoms with Crippen molar-refractivity contribution in [3.05, 3.63) is 0 Å². The van der Waals surface area contributed by atoms with Gasteiger partial charge in [-0.2, -0.15) is 0 Å². The van der Waals surface area contributed by atoms with Crippen molar-refractivity contribution in [1.82, 2.24) is 0 Å². The summed E-state index contributed by atoms with van der Waals surface area (Å²) in [5.41, 5.74) is -0.00963. The molecule has 0 heterocycles. The van der Waals surface area contributed by atoms with E-state index in [0.717, 1.165) is 42.4 Å². The second-order valence-electron chi connectivity index (χ2n) is 10.1.